The lowest BCUT2D eigenvalue weighted by Gasteiger charge is -1.85. The van der Waals surface area contributed by atoms with E-state index in [1.54, 1.807) is 6.07 Å². The zero-order valence-electron chi connectivity index (χ0n) is 8.65. The highest BCUT2D eigenvalue weighted by Crippen LogP contribution is 2.02. The number of cyclic esters (lactones) is 1. The lowest BCUT2D eigenvalue weighted by molar-refractivity contribution is -0.134. The number of hydrogen-bond donors (Lipinski definition) is 0. The Morgan fingerprint density at radius 2 is 2.00 bits per heavy atom. The average Bonchev–Trinajstić information content (AvgIpc) is 2.50. The fraction of sp³-hybridized carbons (Fsp3) is 0.273. The van der Waals surface area contributed by atoms with Gasteiger partial charge in [0.25, 0.3) is 0 Å². The van der Waals surface area contributed by atoms with Crippen LogP contribution in [0.5, 0.6) is 0 Å². The highest BCUT2D eigenvalue weighted by Gasteiger charge is 2.06. The van der Waals surface area contributed by atoms with Gasteiger partial charge in [0, 0.05) is 12.1 Å². The predicted molar refractivity (Wildman–Crippen MR) is 54.4 cm³/mol. The molecule has 0 spiro atoms. The third-order valence-electron chi connectivity index (χ3n) is 1.67. The summed E-state index contributed by atoms with van der Waals surface area (Å²) in [6.07, 6.45) is 2.89. The van der Waals surface area contributed by atoms with Crippen molar-refractivity contribution in [1.82, 2.24) is 0 Å². The highest BCUT2D eigenvalue weighted by atomic mass is 16.5. The first-order chi connectivity index (χ1) is 7.08. The topological polar surface area (TPSA) is 56.5 Å². The number of ether oxygens (including phenoxy) is 1. The first-order valence-electron chi connectivity index (χ1n) is 4.47. The van der Waals surface area contributed by atoms with Crippen LogP contribution in [0, 0.1) is 6.92 Å². The molecule has 0 saturated heterocycles. The van der Waals surface area contributed by atoms with Crippen molar-refractivity contribution < 1.29 is 13.9 Å². The number of hydrogen-bond acceptors (Lipinski definition) is 4. The molecule has 0 N–H and O–H groups in total. The Hall–Kier alpha value is -1.84. The third-order valence-corrected chi connectivity index (χ3v) is 1.67. The molecule has 2 rings (SSSR count). The zero-order valence-corrected chi connectivity index (χ0v) is 8.65. The molecule has 4 nitrogen and oxygen atoms in total. The second kappa shape index (κ2) is 5.14. The van der Waals surface area contributed by atoms with Crippen LogP contribution in [0.15, 0.2) is 39.3 Å². The highest BCUT2D eigenvalue weighted by molar-refractivity contribution is 5.84. The number of carbonyl (C=O) groups excluding carboxylic acids is 1. The van der Waals surface area contributed by atoms with Crippen molar-refractivity contribution in [1.29, 1.82) is 0 Å². The molecule has 2 heterocycles. The molecular formula is C11H12O4. The molecule has 0 atom stereocenters. The van der Waals surface area contributed by atoms with E-state index in [4.69, 9.17) is 0 Å². The molecule has 4 heteroatoms. The van der Waals surface area contributed by atoms with Crippen molar-refractivity contribution >= 4 is 5.97 Å². The van der Waals surface area contributed by atoms with Crippen LogP contribution in [0.2, 0.25) is 0 Å². The summed E-state index contributed by atoms with van der Waals surface area (Å²) in [6.45, 7) is 4.20. The summed E-state index contributed by atoms with van der Waals surface area (Å²) in [5.74, 6) is -0.211. The van der Waals surface area contributed by atoms with Gasteiger partial charge in [0.1, 0.15) is 6.61 Å². The Bertz CT molecular complexity index is 428. The summed E-state index contributed by atoms with van der Waals surface area (Å²) < 4.78 is 8.99. The van der Waals surface area contributed by atoms with Crippen LogP contribution >= 0.6 is 0 Å². The van der Waals surface area contributed by atoms with Gasteiger partial charge in [-0.1, -0.05) is 0 Å². The maximum Gasteiger partial charge on any atom is 0.335 e. The van der Waals surface area contributed by atoms with E-state index in [9.17, 15) is 9.59 Å². The van der Waals surface area contributed by atoms with E-state index in [0.29, 0.717) is 6.61 Å². The molecule has 0 radical (unpaired) electrons. The third kappa shape index (κ3) is 4.26. The number of esters is 1. The molecule has 1 aromatic heterocycles. The summed E-state index contributed by atoms with van der Waals surface area (Å²) in [6, 6.07) is 3.18. The molecule has 0 saturated carbocycles. The standard InChI is InChI=1S/C6H6O2.C5H6O2/c1-5-2-3-8-6(7)4-5;1-4-2-5(6)7-3-4/h2-4H,1H3;2H,3H2,1H3. The molecule has 1 aromatic rings. The van der Waals surface area contributed by atoms with Crippen molar-refractivity contribution in [2.24, 2.45) is 0 Å². The minimum absolute atomic E-state index is 0.211. The molecule has 0 unspecified atom stereocenters. The minimum atomic E-state index is -0.287. The molecule has 0 aromatic carbocycles. The molecule has 0 amide bonds. The lowest BCUT2D eigenvalue weighted by Crippen LogP contribution is -1.93. The van der Waals surface area contributed by atoms with E-state index < -0.39 is 0 Å². The number of aryl methyl sites for hydroxylation is 1. The SMILES string of the molecule is CC1=CC(=O)OC1.Cc1ccoc(=O)c1. The van der Waals surface area contributed by atoms with Gasteiger partial charge in [-0.3, -0.25) is 0 Å². The van der Waals surface area contributed by atoms with Crippen molar-refractivity contribution in [3.63, 3.8) is 0 Å². The van der Waals surface area contributed by atoms with E-state index in [-0.39, 0.29) is 11.6 Å². The van der Waals surface area contributed by atoms with Gasteiger partial charge in [-0.2, -0.15) is 0 Å². The Kier molecular flexibility index (Phi) is 3.85. The first kappa shape index (κ1) is 11.2. The van der Waals surface area contributed by atoms with Crippen molar-refractivity contribution in [3.8, 4) is 0 Å². The predicted octanol–water partition coefficient (Wildman–Crippen LogP) is 1.44. The molecule has 0 bridgehead atoms. The normalized spacial score (nSPS) is 13.7. The minimum Gasteiger partial charge on any atom is -0.458 e. The number of carbonyl (C=O) groups is 1. The molecule has 0 aliphatic carbocycles. The van der Waals surface area contributed by atoms with Gasteiger partial charge in [0.05, 0.1) is 6.26 Å². The monoisotopic (exact) mass is 208 g/mol. The zero-order chi connectivity index (χ0) is 11.3. The van der Waals surface area contributed by atoms with Crippen LogP contribution < -0.4 is 5.63 Å². The summed E-state index contributed by atoms with van der Waals surface area (Å²) in [5, 5.41) is 0. The average molecular weight is 208 g/mol. The maximum absolute atomic E-state index is 10.3. The van der Waals surface area contributed by atoms with Crippen molar-refractivity contribution in [3.05, 3.63) is 46.0 Å². The number of rotatable bonds is 0. The van der Waals surface area contributed by atoms with Crippen molar-refractivity contribution in [2.45, 2.75) is 13.8 Å². The van der Waals surface area contributed by atoms with E-state index in [1.807, 2.05) is 13.8 Å². The van der Waals surface area contributed by atoms with Gasteiger partial charge < -0.3 is 9.15 Å². The van der Waals surface area contributed by atoms with Crippen LogP contribution in [-0.2, 0) is 9.53 Å². The first-order valence-corrected chi connectivity index (χ1v) is 4.47. The van der Waals surface area contributed by atoms with E-state index in [0.717, 1.165) is 11.1 Å². The fourth-order valence-electron chi connectivity index (χ4n) is 0.946. The Labute approximate surface area is 87.2 Å². The van der Waals surface area contributed by atoms with Gasteiger partial charge in [-0.25, -0.2) is 9.59 Å². The summed E-state index contributed by atoms with van der Waals surface area (Å²) >= 11 is 0. The maximum atomic E-state index is 10.3. The molecule has 1 aliphatic heterocycles. The molecular weight excluding hydrogens is 196 g/mol. The van der Waals surface area contributed by atoms with Gasteiger partial charge in [-0.05, 0) is 31.1 Å². The van der Waals surface area contributed by atoms with Crippen LogP contribution in [0.3, 0.4) is 0 Å². The smallest absolute Gasteiger partial charge is 0.335 e. The summed E-state index contributed by atoms with van der Waals surface area (Å²) in [7, 11) is 0. The molecule has 1 aliphatic rings. The van der Waals surface area contributed by atoms with Gasteiger partial charge in [0.2, 0.25) is 0 Å². The second-order valence-corrected chi connectivity index (χ2v) is 3.23. The molecule has 15 heavy (non-hydrogen) atoms. The Morgan fingerprint density at radius 1 is 1.27 bits per heavy atom. The second-order valence-electron chi connectivity index (χ2n) is 3.23. The van der Waals surface area contributed by atoms with Crippen LogP contribution in [0.1, 0.15) is 12.5 Å². The van der Waals surface area contributed by atoms with Crippen molar-refractivity contribution in [2.75, 3.05) is 6.61 Å². The largest absolute Gasteiger partial charge is 0.458 e. The van der Waals surface area contributed by atoms with Gasteiger partial charge >= 0.3 is 11.6 Å². The van der Waals surface area contributed by atoms with Gasteiger partial charge in [0.15, 0.2) is 0 Å². The van der Waals surface area contributed by atoms with E-state index in [1.165, 1.54) is 18.4 Å². The molecule has 80 valence electrons. The van der Waals surface area contributed by atoms with Crippen LogP contribution in [-0.4, -0.2) is 12.6 Å². The van der Waals surface area contributed by atoms with E-state index >= 15 is 0 Å². The lowest BCUT2D eigenvalue weighted by atomic mass is 10.3. The quantitative estimate of drug-likeness (QED) is 0.605. The van der Waals surface area contributed by atoms with Gasteiger partial charge in [-0.15, -0.1) is 0 Å². The van der Waals surface area contributed by atoms with Crippen LogP contribution in [0.25, 0.3) is 0 Å². The Balaban J connectivity index is 0.000000151. The Morgan fingerprint density at radius 3 is 2.27 bits per heavy atom. The van der Waals surface area contributed by atoms with E-state index in [2.05, 4.69) is 9.15 Å². The van der Waals surface area contributed by atoms with Crippen LogP contribution in [0.4, 0.5) is 0 Å². The summed E-state index contributed by atoms with van der Waals surface area (Å²) in [4.78, 5) is 20.5. The fourth-order valence-corrected chi connectivity index (χ4v) is 0.946. The molecule has 0 fully saturated rings. The summed E-state index contributed by atoms with van der Waals surface area (Å²) in [5.41, 5.74) is 1.65.